The zero-order valence-corrected chi connectivity index (χ0v) is 10.4. The van der Waals surface area contributed by atoms with Gasteiger partial charge < -0.3 is 5.73 Å². The predicted octanol–water partition coefficient (Wildman–Crippen LogP) is 2.92. The second-order valence-corrected chi connectivity index (χ2v) is 5.33. The van der Waals surface area contributed by atoms with E-state index in [1.807, 2.05) is 13.1 Å². The number of hydrogen-bond donors (Lipinski definition) is 1. The van der Waals surface area contributed by atoms with Gasteiger partial charge in [-0.05, 0) is 49.8 Å². The van der Waals surface area contributed by atoms with Crippen molar-refractivity contribution in [3.05, 3.63) is 41.7 Å². The monoisotopic (exact) mass is 226 g/mol. The molecule has 2 heteroatoms. The van der Waals surface area contributed by atoms with Crippen LogP contribution in [0, 0.1) is 6.92 Å². The maximum Gasteiger partial charge on any atom is 0.0379 e. The van der Waals surface area contributed by atoms with Gasteiger partial charge in [0.25, 0.3) is 0 Å². The molecule has 1 saturated carbocycles. The molecule has 17 heavy (non-hydrogen) atoms. The van der Waals surface area contributed by atoms with Gasteiger partial charge in [-0.2, -0.15) is 0 Å². The van der Waals surface area contributed by atoms with E-state index in [2.05, 4.69) is 36.2 Å². The van der Waals surface area contributed by atoms with Crippen LogP contribution in [0.4, 0.5) is 0 Å². The summed E-state index contributed by atoms with van der Waals surface area (Å²) >= 11 is 0. The van der Waals surface area contributed by atoms with Crippen LogP contribution in [-0.4, -0.2) is 11.0 Å². The van der Waals surface area contributed by atoms with E-state index in [1.54, 1.807) is 0 Å². The number of nitrogens with zero attached hydrogens (tertiary/aromatic N) is 1. The largest absolute Gasteiger partial charge is 0.327 e. The Bertz CT molecular complexity index is 568. The molecule has 0 saturated heterocycles. The molecule has 0 bridgehead atoms. The number of aryl methyl sites for hydroxylation is 1. The third kappa shape index (κ3) is 1.64. The number of pyridine rings is 1. The van der Waals surface area contributed by atoms with Crippen molar-refractivity contribution in [1.29, 1.82) is 0 Å². The highest BCUT2D eigenvalue weighted by Crippen LogP contribution is 2.50. The number of nitrogens with two attached hydrogens (primary N) is 1. The first-order valence-corrected chi connectivity index (χ1v) is 6.24. The Morgan fingerprint density at radius 3 is 2.65 bits per heavy atom. The topological polar surface area (TPSA) is 38.9 Å². The highest BCUT2D eigenvalue weighted by Gasteiger charge is 2.47. The van der Waals surface area contributed by atoms with E-state index in [0.29, 0.717) is 0 Å². The first-order chi connectivity index (χ1) is 8.12. The van der Waals surface area contributed by atoms with E-state index in [1.165, 1.54) is 29.2 Å². The Labute approximate surface area is 102 Å². The minimum absolute atomic E-state index is 0.235. The molecular weight excluding hydrogens is 208 g/mol. The summed E-state index contributed by atoms with van der Waals surface area (Å²) in [6.45, 7) is 4.14. The van der Waals surface area contributed by atoms with Gasteiger partial charge in [-0.25, -0.2) is 0 Å². The highest BCUT2D eigenvalue weighted by molar-refractivity contribution is 5.83. The Balaban J connectivity index is 2.11. The molecule has 3 rings (SSSR count). The van der Waals surface area contributed by atoms with E-state index < -0.39 is 0 Å². The highest BCUT2D eigenvalue weighted by atomic mass is 14.7. The van der Waals surface area contributed by atoms with Crippen molar-refractivity contribution in [1.82, 2.24) is 4.98 Å². The molecule has 2 N–H and O–H groups in total. The van der Waals surface area contributed by atoms with Crippen molar-refractivity contribution in [2.24, 2.45) is 5.73 Å². The van der Waals surface area contributed by atoms with Crippen LogP contribution in [-0.2, 0) is 5.41 Å². The molecule has 2 nitrogen and oxygen atoms in total. The number of aromatic nitrogens is 1. The smallest absolute Gasteiger partial charge is 0.0379 e. The molecular formula is C15H18N2. The molecule has 1 unspecified atom stereocenters. The Kier molecular flexibility index (Phi) is 2.23. The maximum atomic E-state index is 6.12. The van der Waals surface area contributed by atoms with Crippen molar-refractivity contribution < 1.29 is 0 Å². The molecule has 0 radical (unpaired) electrons. The van der Waals surface area contributed by atoms with E-state index in [-0.39, 0.29) is 11.5 Å². The van der Waals surface area contributed by atoms with Crippen molar-refractivity contribution in [2.45, 2.75) is 38.1 Å². The standard InChI is InChI=1S/C15H18N2/c1-10-7-12-3-4-14(8-13(12)9-17-10)15(5-6-15)11(2)16/h3-4,7-9,11H,5-6,16H2,1-2H3. The molecule has 0 amide bonds. The van der Waals surface area contributed by atoms with Crippen LogP contribution in [0.5, 0.6) is 0 Å². The summed E-state index contributed by atoms with van der Waals surface area (Å²) in [5.41, 5.74) is 8.80. The Hall–Kier alpha value is -1.41. The zero-order chi connectivity index (χ0) is 12.0. The molecule has 1 aliphatic rings. The van der Waals surface area contributed by atoms with Crippen LogP contribution < -0.4 is 5.73 Å². The number of fused-ring (bicyclic) bond motifs is 1. The average Bonchev–Trinajstić information content (AvgIpc) is 3.09. The fraction of sp³-hybridized carbons (Fsp3) is 0.400. The van der Waals surface area contributed by atoms with Crippen LogP contribution >= 0.6 is 0 Å². The van der Waals surface area contributed by atoms with Gasteiger partial charge in [0.15, 0.2) is 0 Å². The second kappa shape index (κ2) is 3.54. The summed E-state index contributed by atoms with van der Waals surface area (Å²) < 4.78 is 0. The maximum absolute atomic E-state index is 6.12. The van der Waals surface area contributed by atoms with Gasteiger partial charge in [-0.1, -0.05) is 12.1 Å². The lowest BCUT2D eigenvalue weighted by Crippen LogP contribution is -2.31. The van der Waals surface area contributed by atoms with Crippen molar-refractivity contribution in [2.75, 3.05) is 0 Å². The lowest BCUT2D eigenvalue weighted by molar-refractivity contribution is 0.557. The molecule has 1 aromatic carbocycles. The number of rotatable bonds is 2. The molecule has 1 heterocycles. The SMILES string of the molecule is Cc1cc2ccc(C3(C(C)N)CC3)cc2cn1. The molecule has 2 aromatic rings. The molecule has 1 fully saturated rings. The quantitative estimate of drug-likeness (QED) is 0.855. The summed E-state index contributed by atoms with van der Waals surface area (Å²) in [5, 5.41) is 2.49. The summed E-state index contributed by atoms with van der Waals surface area (Å²) in [7, 11) is 0. The number of hydrogen-bond acceptors (Lipinski definition) is 2. The van der Waals surface area contributed by atoms with Crippen molar-refractivity contribution in [3.63, 3.8) is 0 Å². The molecule has 0 spiro atoms. The van der Waals surface area contributed by atoms with Gasteiger partial charge >= 0.3 is 0 Å². The molecule has 88 valence electrons. The van der Waals surface area contributed by atoms with Gasteiger partial charge in [0.05, 0.1) is 0 Å². The van der Waals surface area contributed by atoms with Gasteiger partial charge in [-0.3, -0.25) is 4.98 Å². The fourth-order valence-corrected chi connectivity index (χ4v) is 2.70. The fourth-order valence-electron chi connectivity index (χ4n) is 2.70. The summed E-state index contributed by atoms with van der Waals surface area (Å²) in [4.78, 5) is 4.36. The Morgan fingerprint density at radius 1 is 1.24 bits per heavy atom. The van der Waals surface area contributed by atoms with Crippen LogP contribution in [0.1, 0.15) is 31.0 Å². The van der Waals surface area contributed by atoms with Gasteiger partial charge in [0.1, 0.15) is 0 Å². The van der Waals surface area contributed by atoms with Crippen molar-refractivity contribution in [3.8, 4) is 0 Å². The van der Waals surface area contributed by atoms with E-state index >= 15 is 0 Å². The van der Waals surface area contributed by atoms with E-state index in [0.717, 1.165) is 5.69 Å². The van der Waals surface area contributed by atoms with Gasteiger partial charge in [-0.15, -0.1) is 0 Å². The van der Waals surface area contributed by atoms with Gasteiger partial charge in [0.2, 0.25) is 0 Å². The predicted molar refractivity (Wildman–Crippen MR) is 71.0 cm³/mol. The van der Waals surface area contributed by atoms with Crippen LogP contribution in [0.3, 0.4) is 0 Å². The Morgan fingerprint density at radius 2 is 2.00 bits per heavy atom. The lowest BCUT2D eigenvalue weighted by Gasteiger charge is -2.20. The minimum Gasteiger partial charge on any atom is -0.327 e. The third-order valence-corrected chi connectivity index (χ3v) is 4.09. The summed E-state index contributed by atoms with van der Waals surface area (Å²) in [6, 6.07) is 9.06. The molecule has 1 aliphatic carbocycles. The second-order valence-electron chi connectivity index (χ2n) is 5.33. The first kappa shape index (κ1) is 10.7. The average molecular weight is 226 g/mol. The summed E-state index contributed by atoms with van der Waals surface area (Å²) in [5.74, 6) is 0. The molecule has 0 aliphatic heterocycles. The van der Waals surface area contributed by atoms with E-state index in [4.69, 9.17) is 5.73 Å². The van der Waals surface area contributed by atoms with Gasteiger partial charge in [0, 0.05) is 28.7 Å². The van der Waals surface area contributed by atoms with Crippen molar-refractivity contribution >= 4 is 10.8 Å². The van der Waals surface area contributed by atoms with Crippen LogP contribution in [0.15, 0.2) is 30.5 Å². The minimum atomic E-state index is 0.235. The lowest BCUT2D eigenvalue weighted by atomic mass is 9.88. The normalized spacial score (nSPS) is 19.2. The zero-order valence-electron chi connectivity index (χ0n) is 10.4. The first-order valence-electron chi connectivity index (χ1n) is 6.24. The molecule has 1 atom stereocenters. The van der Waals surface area contributed by atoms with Crippen LogP contribution in [0.25, 0.3) is 10.8 Å². The van der Waals surface area contributed by atoms with E-state index in [9.17, 15) is 0 Å². The van der Waals surface area contributed by atoms with Crippen LogP contribution in [0.2, 0.25) is 0 Å². The number of benzene rings is 1. The molecule has 1 aromatic heterocycles. The summed E-state index contributed by atoms with van der Waals surface area (Å²) in [6.07, 6.45) is 4.40. The third-order valence-electron chi connectivity index (χ3n) is 4.09.